The van der Waals surface area contributed by atoms with E-state index >= 15 is 0 Å². The number of nitrogens with one attached hydrogen (secondary N) is 1. The Hall–Kier alpha value is -1.44. The van der Waals surface area contributed by atoms with Gasteiger partial charge in [0, 0.05) is 43.9 Å². The smallest absolute Gasteiger partial charge is 0.255 e. The number of β-amino-alcohol motifs (C(OH)–C–C–N with tert-alkyl or cyclic N) is 1. The molecule has 7 heteroatoms. The minimum Gasteiger partial charge on any atom is -0.379 e. The number of carbonyl (C=O) groups excluding carboxylic acids is 1. The van der Waals surface area contributed by atoms with Crippen LogP contribution >= 0.6 is 0 Å². The third-order valence-corrected chi connectivity index (χ3v) is 5.50. The minimum absolute atomic E-state index is 0.0860. The van der Waals surface area contributed by atoms with Gasteiger partial charge in [-0.05, 0) is 32.2 Å². The second kappa shape index (κ2) is 6.46. The third kappa shape index (κ3) is 2.96. The summed E-state index contributed by atoms with van der Waals surface area (Å²) in [6, 6.07) is 0. The average molecular weight is 334 g/mol. The second-order valence-electron chi connectivity index (χ2n) is 7.28. The SMILES string of the molecule is O=C(N1CCCC1)C1(O)CCCN(Cc2n[nH]c3c2COCC3)C1. The standard InChI is InChI=1S/C17H26N4O3/c22-16(21-7-1-2-8-21)17(23)5-3-6-20(12-17)10-15-13-11-24-9-4-14(13)18-19-15/h23H,1-12H2,(H,18,19). The Morgan fingerprint density at radius 1 is 1.29 bits per heavy atom. The number of amides is 1. The summed E-state index contributed by atoms with van der Waals surface area (Å²) in [4.78, 5) is 16.7. The lowest BCUT2D eigenvalue weighted by atomic mass is 9.91. The summed E-state index contributed by atoms with van der Waals surface area (Å²) in [6.07, 6.45) is 4.36. The van der Waals surface area contributed by atoms with Gasteiger partial charge in [-0.2, -0.15) is 5.10 Å². The zero-order valence-electron chi connectivity index (χ0n) is 14.1. The number of carbonyl (C=O) groups is 1. The Balaban J connectivity index is 1.45. The molecule has 4 heterocycles. The molecule has 1 unspecified atom stereocenters. The molecule has 4 rings (SSSR count). The normalized spacial score (nSPS) is 28.1. The molecule has 7 nitrogen and oxygen atoms in total. The van der Waals surface area contributed by atoms with Gasteiger partial charge in [0.2, 0.25) is 0 Å². The number of likely N-dealkylation sites (tertiary alicyclic amines) is 2. The average Bonchev–Trinajstić information content (AvgIpc) is 3.25. The molecule has 2 saturated heterocycles. The molecule has 24 heavy (non-hydrogen) atoms. The van der Waals surface area contributed by atoms with Crippen molar-refractivity contribution in [2.75, 3.05) is 32.8 Å². The first-order valence-corrected chi connectivity index (χ1v) is 9.02. The molecular formula is C17H26N4O3. The maximum absolute atomic E-state index is 12.7. The molecule has 0 radical (unpaired) electrons. The summed E-state index contributed by atoms with van der Waals surface area (Å²) in [5.41, 5.74) is 2.07. The summed E-state index contributed by atoms with van der Waals surface area (Å²) < 4.78 is 5.54. The second-order valence-corrected chi connectivity index (χ2v) is 7.28. The largest absolute Gasteiger partial charge is 0.379 e. The van der Waals surface area contributed by atoms with E-state index in [-0.39, 0.29) is 5.91 Å². The Morgan fingerprint density at radius 2 is 2.12 bits per heavy atom. The summed E-state index contributed by atoms with van der Waals surface area (Å²) in [5.74, 6) is -0.0860. The zero-order chi connectivity index (χ0) is 16.6. The van der Waals surface area contributed by atoms with Gasteiger partial charge >= 0.3 is 0 Å². The molecule has 0 saturated carbocycles. The molecule has 1 aromatic rings. The summed E-state index contributed by atoms with van der Waals surface area (Å²) in [5, 5.41) is 18.5. The molecule has 1 atom stereocenters. The van der Waals surface area contributed by atoms with Gasteiger partial charge in [0.15, 0.2) is 5.60 Å². The van der Waals surface area contributed by atoms with Gasteiger partial charge in [-0.3, -0.25) is 14.8 Å². The molecule has 1 amide bonds. The van der Waals surface area contributed by atoms with Crippen molar-refractivity contribution in [1.29, 1.82) is 0 Å². The van der Waals surface area contributed by atoms with Crippen LogP contribution in [-0.4, -0.2) is 69.4 Å². The summed E-state index contributed by atoms with van der Waals surface area (Å²) in [6.45, 7) is 4.85. The van der Waals surface area contributed by atoms with E-state index in [9.17, 15) is 9.90 Å². The number of nitrogens with zero attached hydrogens (tertiary/aromatic N) is 3. The number of H-pyrrole nitrogens is 1. The van der Waals surface area contributed by atoms with E-state index in [1.54, 1.807) is 0 Å². The first kappa shape index (κ1) is 16.1. The van der Waals surface area contributed by atoms with Crippen LogP contribution in [0.2, 0.25) is 0 Å². The van der Waals surface area contributed by atoms with E-state index < -0.39 is 5.60 Å². The van der Waals surface area contributed by atoms with Crippen molar-refractivity contribution in [1.82, 2.24) is 20.0 Å². The van der Waals surface area contributed by atoms with E-state index in [1.807, 2.05) is 4.90 Å². The topological polar surface area (TPSA) is 81.7 Å². The number of rotatable bonds is 3. The van der Waals surface area contributed by atoms with Gasteiger partial charge in [-0.15, -0.1) is 0 Å². The van der Waals surface area contributed by atoms with Crippen LogP contribution in [0.25, 0.3) is 0 Å². The van der Waals surface area contributed by atoms with E-state index in [2.05, 4.69) is 15.1 Å². The van der Waals surface area contributed by atoms with Gasteiger partial charge < -0.3 is 14.7 Å². The van der Waals surface area contributed by atoms with Gasteiger partial charge in [-0.1, -0.05) is 0 Å². The molecule has 0 aliphatic carbocycles. The van der Waals surface area contributed by atoms with Crippen molar-refractivity contribution in [3.63, 3.8) is 0 Å². The van der Waals surface area contributed by atoms with Crippen molar-refractivity contribution in [3.8, 4) is 0 Å². The number of hydrogen-bond donors (Lipinski definition) is 2. The van der Waals surface area contributed by atoms with Crippen LogP contribution in [0.1, 0.15) is 42.6 Å². The van der Waals surface area contributed by atoms with Crippen molar-refractivity contribution >= 4 is 5.91 Å². The molecule has 1 aromatic heterocycles. The number of fused-ring (bicyclic) bond motifs is 1. The molecule has 3 aliphatic rings. The van der Waals surface area contributed by atoms with Gasteiger partial charge in [-0.25, -0.2) is 0 Å². The fourth-order valence-corrected chi connectivity index (χ4v) is 4.16. The van der Waals surface area contributed by atoms with Crippen LogP contribution in [0.3, 0.4) is 0 Å². The maximum atomic E-state index is 12.7. The van der Waals surface area contributed by atoms with E-state index in [0.29, 0.717) is 26.1 Å². The molecule has 0 bridgehead atoms. The fourth-order valence-electron chi connectivity index (χ4n) is 4.16. The lowest BCUT2D eigenvalue weighted by Gasteiger charge is -2.39. The van der Waals surface area contributed by atoms with Crippen molar-refractivity contribution in [2.24, 2.45) is 0 Å². The Kier molecular flexibility index (Phi) is 4.32. The predicted molar refractivity (Wildman–Crippen MR) is 87.2 cm³/mol. The number of ether oxygens (including phenoxy) is 1. The predicted octanol–water partition coefficient (Wildman–Crippen LogP) is 0.432. The van der Waals surface area contributed by atoms with Crippen molar-refractivity contribution in [2.45, 2.75) is 50.9 Å². The highest BCUT2D eigenvalue weighted by Gasteiger charge is 2.43. The maximum Gasteiger partial charge on any atom is 0.255 e. The fraction of sp³-hybridized carbons (Fsp3) is 0.765. The Bertz CT molecular complexity index is 611. The van der Waals surface area contributed by atoms with Gasteiger partial charge in [0.25, 0.3) is 5.91 Å². The van der Waals surface area contributed by atoms with Crippen molar-refractivity contribution in [3.05, 3.63) is 17.0 Å². The molecule has 0 spiro atoms. The lowest BCUT2D eigenvalue weighted by Crippen LogP contribution is -2.57. The number of hydrogen-bond acceptors (Lipinski definition) is 5. The monoisotopic (exact) mass is 334 g/mol. The highest BCUT2D eigenvalue weighted by atomic mass is 16.5. The highest BCUT2D eigenvalue weighted by Crippen LogP contribution is 2.27. The Labute approximate surface area is 142 Å². The van der Waals surface area contributed by atoms with Crippen LogP contribution in [0.5, 0.6) is 0 Å². The van der Waals surface area contributed by atoms with E-state index in [4.69, 9.17) is 4.74 Å². The summed E-state index contributed by atoms with van der Waals surface area (Å²) >= 11 is 0. The minimum atomic E-state index is -1.24. The zero-order valence-corrected chi connectivity index (χ0v) is 14.1. The molecule has 0 aromatic carbocycles. The Morgan fingerprint density at radius 3 is 2.96 bits per heavy atom. The molecular weight excluding hydrogens is 308 g/mol. The van der Waals surface area contributed by atoms with Gasteiger partial charge in [0.1, 0.15) is 0 Å². The number of aliphatic hydroxyl groups is 1. The number of piperidine rings is 1. The quantitative estimate of drug-likeness (QED) is 0.838. The lowest BCUT2D eigenvalue weighted by molar-refractivity contribution is -0.156. The first-order valence-electron chi connectivity index (χ1n) is 9.02. The molecule has 2 N–H and O–H groups in total. The van der Waals surface area contributed by atoms with Crippen LogP contribution in [0, 0.1) is 0 Å². The van der Waals surface area contributed by atoms with Gasteiger partial charge in [0.05, 0.1) is 18.9 Å². The number of aromatic nitrogens is 2. The molecule has 3 aliphatic heterocycles. The van der Waals surface area contributed by atoms with Crippen LogP contribution in [-0.2, 0) is 29.1 Å². The van der Waals surface area contributed by atoms with E-state index in [0.717, 1.165) is 68.9 Å². The number of aromatic amines is 1. The summed E-state index contributed by atoms with van der Waals surface area (Å²) in [7, 11) is 0. The molecule has 132 valence electrons. The van der Waals surface area contributed by atoms with Crippen molar-refractivity contribution < 1.29 is 14.6 Å². The van der Waals surface area contributed by atoms with Crippen LogP contribution < -0.4 is 0 Å². The van der Waals surface area contributed by atoms with Crippen LogP contribution in [0.15, 0.2) is 0 Å². The third-order valence-electron chi connectivity index (χ3n) is 5.50. The van der Waals surface area contributed by atoms with E-state index in [1.165, 1.54) is 0 Å². The molecule has 2 fully saturated rings. The van der Waals surface area contributed by atoms with Crippen LogP contribution in [0.4, 0.5) is 0 Å². The first-order chi connectivity index (χ1) is 11.7. The highest BCUT2D eigenvalue weighted by molar-refractivity contribution is 5.85.